The second-order valence-corrected chi connectivity index (χ2v) is 7.51. The Morgan fingerprint density at radius 2 is 2.19 bits per heavy atom. The first-order valence-electron chi connectivity index (χ1n) is 9.92. The lowest BCUT2D eigenvalue weighted by molar-refractivity contribution is -0.0284. The highest BCUT2D eigenvalue weighted by Crippen LogP contribution is 2.14. The fourth-order valence-corrected chi connectivity index (χ4v) is 3.62. The Morgan fingerprint density at radius 3 is 3.00 bits per heavy atom. The van der Waals surface area contributed by atoms with Gasteiger partial charge in [0.05, 0.1) is 12.7 Å². The van der Waals surface area contributed by atoms with Crippen LogP contribution in [0.5, 0.6) is 0 Å². The average molecular weight is 364 g/mol. The third-order valence-electron chi connectivity index (χ3n) is 4.75. The number of nitrogens with one attached hydrogen (secondary N) is 2. The number of guanidine groups is 1. The largest absolute Gasteiger partial charge is 0.374 e. The van der Waals surface area contributed by atoms with Crippen LogP contribution in [0.4, 0.5) is 0 Å². The van der Waals surface area contributed by atoms with Gasteiger partial charge >= 0.3 is 0 Å². The van der Waals surface area contributed by atoms with Crippen molar-refractivity contribution >= 4 is 5.96 Å². The monoisotopic (exact) mass is 363 g/mol. The first-order valence-corrected chi connectivity index (χ1v) is 9.92. The zero-order chi connectivity index (χ0) is 18.4. The van der Waals surface area contributed by atoms with E-state index in [-0.39, 0.29) is 6.10 Å². The van der Waals surface area contributed by atoms with Crippen molar-refractivity contribution in [2.75, 3.05) is 39.3 Å². The lowest BCUT2D eigenvalue weighted by Crippen LogP contribution is -2.50. The highest BCUT2D eigenvalue weighted by molar-refractivity contribution is 5.79. The molecule has 2 aliphatic heterocycles. The Balaban J connectivity index is 1.51. The predicted octanol–water partition coefficient (Wildman–Crippen LogP) is 0.636. The normalized spacial score (nSPS) is 21.2. The van der Waals surface area contributed by atoms with E-state index >= 15 is 0 Å². The number of fused-ring (bicyclic) bond motifs is 1. The molecule has 8 nitrogen and oxygen atoms in total. The van der Waals surface area contributed by atoms with Gasteiger partial charge < -0.3 is 19.9 Å². The minimum absolute atomic E-state index is 0.198. The van der Waals surface area contributed by atoms with Crippen LogP contribution in [0.1, 0.15) is 38.8 Å². The smallest absolute Gasteiger partial charge is 0.191 e. The molecule has 3 rings (SSSR count). The molecule has 1 unspecified atom stereocenters. The van der Waals surface area contributed by atoms with E-state index in [2.05, 4.69) is 56.1 Å². The third-order valence-corrected chi connectivity index (χ3v) is 4.75. The van der Waals surface area contributed by atoms with Gasteiger partial charge in [-0.1, -0.05) is 13.8 Å². The molecule has 1 saturated heterocycles. The minimum atomic E-state index is 0.198. The summed E-state index contributed by atoms with van der Waals surface area (Å²) in [6.07, 6.45) is 2.39. The summed E-state index contributed by atoms with van der Waals surface area (Å²) >= 11 is 0. The molecule has 1 atom stereocenters. The fourth-order valence-electron chi connectivity index (χ4n) is 3.62. The van der Waals surface area contributed by atoms with Crippen LogP contribution in [0.15, 0.2) is 4.99 Å². The van der Waals surface area contributed by atoms with Crippen molar-refractivity contribution in [3.8, 4) is 0 Å². The second kappa shape index (κ2) is 9.32. The molecule has 0 amide bonds. The molecule has 0 aliphatic carbocycles. The van der Waals surface area contributed by atoms with Crippen molar-refractivity contribution in [2.24, 2.45) is 10.9 Å². The van der Waals surface area contributed by atoms with E-state index in [1.165, 1.54) is 0 Å². The summed E-state index contributed by atoms with van der Waals surface area (Å²) in [5, 5.41) is 15.3. The maximum atomic E-state index is 5.92. The summed E-state index contributed by atoms with van der Waals surface area (Å²) in [5.41, 5.74) is 0. The molecule has 1 aromatic rings. The number of ether oxygens (including phenoxy) is 1. The SMILES string of the molecule is CCNC(=NCc1nnc2n1CCC2)NCC1CN(CC(C)C)CCO1. The molecule has 0 bridgehead atoms. The molecule has 2 N–H and O–H groups in total. The molecule has 3 heterocycles. The van der Waals surface area contributed by atoms with E-state index in [0.29, 0.717) is 12.5 Å². The zero-order valence-electron chi connectivity index (χ0n) is 16.4. The number of hydrogen-bond acceptors (Lipinski definition) is 5. The van der Waals surface area contributed by atoms with Crippen LogP contribution in [0.3, 0.4) is 0 Å². The predicted molar refractivity (Wildman–Crippen MR) is 102 cm³/mol. The number of hydrogen-bond donors (Lipinski definition) is 2. The summed E-state index contributed by atoms with van der Waals surface area (Å²) < 4.78 is 8.11. The highest BCUT2D eigenvalue weighted by Gasteiger charge is 2.21. The van der Waals surface area contributed by atoms with E-state index < -0.39 is 0 Å². The van der Waals surface area contributed by atoms with Crippen LogP contribution in [-0.4, -0.2) is 71.1 Å². The van der Waals surface area contributed by atoms with E-state index in [1.54, 1.807) is 0 Å². The van der Waals surface area contributed by atoms with Gasteiger partial charge in [0.15, 0.2) is 11.8 Å². The van der Waals surface area contributed by atoms with Gasteiger partial charge in [-0.2, -0.15) is 0 Å². The molecular formula is C18H33N7O. The van der Waals surface area contributed by atoms with E-state index in [9.17, 15) is 0 Å². The Labute approximate surface area is 156 Å². The molecule has 0 saturated carbocycles. The molecule has 0 radical (unpaired) electrons. The molecule has 0 spiro atoms. The zero-order valence-corrected chi connectivity index (χ0v) is 16.4. The number of aliphatic imine (C=N–C) groups is 1. The topological polar surface area (TPSA) is 79.6 Å². The fraction of sp³-hybridized carbons (Fsp3) is 0.833. The van der Waals surface area contributed by atoms with Crippen molar-refractivity contribution < 1.29 is 4.74 Å². The first-order chi connectivity index (χ1) is 12.7. The van der Waals surface area contributed by atoms with Gasteiger partial charge in [0.25, 0.3) is 0 Å². The van der Waals surface area contributed by atoms with Gasteiger partial charge in [0.2, 0.25) is 0 Å². The molecule has 26 heavy (non-hydrogen) atoms. The van der Waals surface area contributed by atoms with Crippen LogP contribution in [0.2, 0.25) is 0 Å². The lowest BCUT2D eigenvalue weighted by Gasteiger charge is -2.34. The summed E-state index contributed by atoms with van der Waals surface area (Å²) in [7, 11) is 0. The molecule has 2 aliphatic rings. The number of nitrogens with zero attached hydrogens (tertiary/aromatic N) is 5. The maximum Gasteiger partial charge on any atom is 0.191 e. The van der Waals surface area contributed by atoms with Crippen LogP contribution >= 0.6 is 0 Å². The first kappa shape index (κ1) is 19.1. The molecule has 8 heteroatoms. The summed E-state index contributed by atoms with van der Waals surface area (Å²) in [4.78, 5) is 7.18. The van der Waals surface area contributed by atoms with Gasteiger partial charge in [-0.15, -0.1) is 10.2 Å². The number of aryl methyl sites for hydroxylation is 1. The Morgan fingerprint density at radius 1 is 1.31 bits per heavy atom. The molecule has 1 aromatic heterocycles. The molecule has 1 fully saturated rings. The standard InChI is InChI=1S/C18H33N7O/c1-4-19-18(21-11-17-23-22-16-6-5-7-25(16)17)20-10-15-13-24(8-9-26-15)12-14(2)3/h14-15H,4-13H2,1-3H3,(H2,19,20,21). The minimum Gasteiger partial charge on any atom is -0.374 e. The van der Waals surface area contributed by atoms with Gasteiger partial charge in [0, 0.05) is 45.7 Å². The van der Waals surface area contributed by atoms with E-state index in [1.807, 2.05) is 0 Å². The van der Waals surface area contributed by atoms with Gasteiger partial charge in [-0.05, 0) is 19.3 Å². The number of aromatic nitrogens is 3. The Kier molecular flexibility index (Phi) is 6.85. The van der Waals surface area contributed by atoms with Gasteiger partial charge in [-0.25, -0.2) is 4.99 Å². The van der Waals surface area contributed by atoms with Crippen molar-refractivity contribution in [2.45, 2.75) is 52.8 Å². The second-order valence-electron chi connectivity index (χ2n) is 7.51. The van der Waals surface area contributed by atoms with Crippen LogP contribution in [0, 0.1) is 5.92 Å². The molecular weight excluding hydrogens is 330 g/mol. The quantitative estimate of drug-likeness (QED) is 0.547. The van der Waals surface area contributed by atoms with Crippen LogP contribution in [-0.2, 0) is 24.2 Å². The number of morpholine rings is 1. The Hall–Kier alpha value is -1.67. The van der Waals surface area contributed by atoms with Crippen molar-refractivity contribution in [3.63, 3.8) is 0 Å². The van der Waals surface area contributed by atoms with Crippen LogP contribution in [0.25, 0.3) is 0 Å². The number of rotatable bonds is 7. The summed E-state index contributed by atoms with van der Waals surface area (Å²) in [6.45, 7) is 13.7. The lowest BCUT2D eigenvalue weighted by atomic mass is 10.2. The average Bonchev–Trinajstić information content (AvgIpc) is 3.21. The van der Waals surface area contributed by atoms with Crippen molar-refractivity contribution in [3.05, 3.63) is 11.6 Å². The van der Waals surface area contributed by atoms with Crippen molar-refractivity contribution in [1.29, 1.82) is 0 Å². The molecule has 146 valence electrons. The summed E-state index contributed by atoms with van der Waals surface area (Å²) in [5.74, 6) is 3.54. The van der Waals surface area contributed by atoms with Crippen molar-refractivity contribution in [1.82, 2.24) is 30.3 Å². The highest BCUT2D eigenvalue weighted by atomic mass is 16.5. The van der Waals surface area contributed by atoms with Crippen LogP contribution < -0.4 is 10.6 Å². The maximum absolute atomic E-state index is 5.92. The molecule has 0 aromatic carbocycles. The third kappa shape index (κ3) is 5.17. The summed E-state index contributed by atoms with van der Waals surface area (Å²) in [6, 6.07) is 0. The van der Waals surface area contributed by atoms with E-state index in [4.69, 9.17) is 4.74 Å². The Bertz CT molecular complexity index is 598. The van der Waals surface area contributed by atoms with E-state index in [0.717, 1.165) is 76.3 Å². The van der Waals surface area contributed by atoms with Gasteiger partial charge in [0.1, 0.15) is 12.4 Å². The van der Waals surface area contributed by atoms with Gasteiger partial charge in [-0.3, -0.25) is 4.90 Å².